The summed E-state index contributed by atoms with van der Waals surface area (Å²) in [5.41, 5.74) is 1.56. The number of sulfone groups is 1. The largest absolute Gasteiger partial charge is 0.453 e. The Morgan fingerprint density at radius 1 is 0.978 bits per heavy atom. The predicted molar refractivity (Wildman–Crippen MR) is 176 cm³/mol. The Bertz CT molecular complexity index is 1620. The molecule has 2 aliphatic heterocycles. The minimum atomic E-state index is -3.56. The lowest BCUT2D eigenvalue weighted by atomic mass is 9.58. The summed E-state index contributed by atoms with van der Waals surface area (Å²) < 4.78 is 30.7. The van der Waals surface area contributed by atoms with Crippen molar-refractivity contribution in [1.82, 2.24) is 15.2 Å². The van der Waals surface area contributed by atoms with Crippen molar-refractivity contribution in [3.8, 4) is 6.07 Å². The average Bonchev–Trinajstić information content (AvgIpc) is 3.56. The molecule has 1 aromatic heterocycles. The highest BCUT2D eigenvalue weighted by atomic mass is 32.2. The molecular formula is C36H43N5O4S. The number of methoxy groups -OCH3 is 1. The van der Waals surface area contributed by atoms with Crippen LogP contribution in [0.15, 0.2) is 88.9 Å². The van der Waals surface area contributed by atoms with Gasteiger partial charge in [-0.2, -0.15) is 5.26 Å². The Labute approximate surface area is 272 Å². The van der Waals surface area contributed by atoms with Gasteiger partial charge in [-0.05, 0) is 98.5 Å². The van der Waals surface area contributed by atoms with Crippen LogP contribution in [0.5, 0.6) is 0 Å². The molecule has 2 aromatic carbocycles. The third-order valence-corrected chi connectivity index (χ3v) is 12.3. The van der Waals surface area contributed by atoms with Crippen LogP contribution in [0.25, 0.3) is 0 Å². The number of pyridine rings is 1. The van der Waals surface area contributed by atoms with E-state index in [0.29, 0.717) is 12.5 Å². The Morgan fingerprint density at radius 2 is 1.65 bits per heavy atom. The zero-order chi connectivity index (χ0) is 32.1. The molecule has 0 bridgehead atoms. The molecule has 0 spiro atoms. The molecule has 10 heteroatoms. The van der Waals surface area contributed by atoms with E-state index in [1.807, 2.05) is 30.3 Å². The van der Waals surface area contributed by atoms with Gasteiger partial charge in [-0.25, -0.2) is 13.2 Å². The Hall–Kier alpha value is -3.94. The number of ether oxygens (including phenoxy) is 1. The van der Waals surface area contributed by atoms with E-state index in [1.165, 1.54) is 31.6 Å². The minimum Gasteiger partial charge on any atom is -0.453 e. The number of aromatic nitrogens is 1. The molecule has 3 atom stereocenters. The lowest BCUT2D eigenvalue weighted by Crippen LogP contribution is -2.54. The summed E-state index contributed by atoms with van der Waals surface area (Å²) in [6.07, 6.45) is 7.57. The highest BCUT2D eigenvalue weighted by molar-refractivity contribution is 7.91. The van der Waals surface area contributed by atoms with Crippen molar-refractivity contribution < 1.29 is 17.9 Å². The van der Waals surface area contributed by atoms with E-state index >= 15 is 0 Å². The van der Waals surface area contributed by atoms with Crippen LogP contribution in [0, 0.1) is 35.0 Å². The molecule has 46 heavy (non-hydrogen) atoms. The van der Waals surface area contributed by atoms with E-state index in [4.69, 9.17) is 4.74 Å². The van der Waals surface area contributed by atoms with E-state index < -0.39 is 21.3 Å². The van der Waals surface area contributed by atoms with Gasteiger partial charge in [-0.3, -0.25) is 4.98 Å². The lowest BCUT2D eigenvalue weighted by Gasteiger charge is -2.48. The Morgan fingerprint density at radius 3 is 2.30 bits per heavy atom. The van der Waals surface area contributed by atoms with Crippen LogP contribution in [-0.2, 0) is 20.0 Å². The third-order valence-electron chi connectivity index (χ3n) is 10.6. The van der Waals surface area contributed by atoms with Gasteiger partial charge < -0.3 is 19.9 Å². The molecular weight excluding hydrogens is 598 g/mol. The predicted octanol–water partition coefficient (Wildman–Crippen LogP) is 5.30. The molecule has 2 saturated heterocycles. The molecule has 9 nitrogen and oxygen atoms in total. The number of rotatable bonds is 10. The first-order chi connectivity index (χ1) is 22.3. The van der Waals surface area contributed by atoms with Crippen LogP contribution in [0.1, 0.15) is 37.7 Å². The molecule has 3 aliphatic rings. The number of nitrogens with zero attached hydrogens (tertiary/aromatic N) is 4. The smallest absolute Gasteiger partial charge is 0.406 e. The van der Waals surface area contributed by atoms with E-state index in [2.05, 4.69) is 38.3 Å². The number of likely N-dealkylation sites (tertiary alicyclic amines) is 1. The van der Waals surface area contributed by atoms with Gasteiger partial charge in [0, 0.05) is 50.2 Å². The van der Waals surface area contributed by atoms with Crippen LogP contribution >= 0.6 is 0 Å². The van der Waals surface area contributed by atoms with Crippen molar-refractivity contribution in [3.05, 3.63) is 84.7 Å². The average molecular weight is 642 g/mol. The van der Waals surface area contributed by atoms with Crippen molar-refractivity contribution in [2.75, 3.05) is 51.3 Å². The van der Waals surface area contributed by atoms with E-state index in [9.17, 15) is 18.5 Å². The second-order valence-corrected chi connectivity index (χ2v) is 15.0. The maximum atomic E-state index is 12.9. The molecule has 3 aromatic rings. The number of anilines is 1. The molecule has 1 unspecified atom stereocenters. The summed E-state index contributed by atoms with van der Waals surface area (Å²) in [7, 11) is -2.17. The maximum absolute atomic E-state index is 12.9. The van der Waals surface area contributed by atoms with Crippen molar-refractivity contribution in [1.29, 1.82) is 5.26 Å². The van der Waals surface area contributed by atoms with Crippen LogP contribution in [0.2, 0.25) is 0 Å². The fourth-order valence-electron chi connectivity index (χ4n) is 8.19. The quantitative estimate of drug-likeness (QED) is 0.317. The number of hydrogen-bond acceptors (Lipinski definition) is 8. The number of nitriles is 1. The molecule has 0 radical (unpaired) electrons. The number of benzene rings is 2. The fourth-order valence-corrected chi connectivity index (χ4v) is 9.44. The number of amides is 1. The monoisotopic (exact) mass is 641 g/mol. The molecule has 6 rings (SSSR count). The van der Waals surface area contributed by atoms with Gasteiger partial charge in [-0.1, -0.05) is 36.8 Å². The first-order valence-electron chi connectivity index (χ1n) is 16.4. The number of alkyl carbamates (subject to hydrolysis) is 1. The number of nitrogens with one attached hydrogen (secondary N) is 1. The summed E-state index contributed by atoms with van der Waals surface area (Å²) in [6.45, 7) is 5.39. The van der Waals surface area contributed by atoms with Crippen molar-refractivity contribution in [2.45, 2.75) is 47.3 Å². The minimum absolute atomic E-state index is 0.180. The Balaban J connectivity index is 1.06. The summed E-state index contributed by atoms with van der Waals surface area (Å²) in [4.78, 5) is 21.2. The van der Waals surface area contributed by atoms with Crippen molar-refractivity contribution in [2.24, 2.45) is 23.7 Å². The third kappa shape index (κ3) is 6.36. The topological polar surface area (TPSA) is 116 Å². The summed E-state index contributed by atoms with van der Waals surface area (Å²) in [6, 6.07) is 23.5. The van der Waals surface area contributed by atoms with Gasteiger partial charge in [0.2, 0.25) is 9.84 Å². The first kappa shape index (κ1) is 32.0. The van der Waals surface area contributed by atoms with Crippen molar-refractivity contribution >= 4 is 21.6 Å². The van der Waals surface area contributed by atoms with Crippen LogP contribution in [0.4, 0.5) is 10.5 Å². The maximum Gasteiger partial charge on any atom is 0.406 e. The first-order valence-corrected chi connectivity index (χ1v) is 17.8. The van der Waals surface area contributed by atoms with E-state index in [1.54, 1.807) is 12.1 Å². The van der Waals surface area contributed by atoms with Crippen LogP contribution in [0.3, 0.4) is 0 Å². The second kappa shape index (κ2) is 13.8. The van der Waals surface area contributed by atoms with Gasteiger partial charge in [-0.15, -0.1) is 0 Å². The molecule has 242 valence electrons. The number of piperidine rings is 1. The lowest BCUT2D eigenvalue weighted by molar-refractivity contribution is 0.0900. The second-order valence-electron chi connectivity index (χ2n) is 13.0. The highest BCUT2D eigenvalue weighted by Gasteiger charge is 2.52. The summed E-state index contributed by atoms with van der Waals surface area (Å²) in [5.74, 6) is 1.22. The standard InChI is InChI=1S/C36H43N5O4S/c1-45-35(42)39-22-28-6-5-9-34(28)36(26-37,29-7-3-2-4-8-29)30-16-20-40(21-17-30)23-27-24-41(25-27)31-10-12-32(13-11-31)46(43,44)33-14-18-38-19-15-33/h2-4,7-8,10-15,18-19,27-28,30,34H,5-6,9,16-17,20-25H2,1H3,(H,39,42)/t28-,34+,36?/m1/s1. The van der Waals surface area contributed by atoms with E-state index in [0.717, 1.165) is 76.1 Å². The summed E-state index contributed by atoms with van der Waals surface area (Å²) >= 11 is 0. The number of carbonyl (C=O) groups excluding carboxylic acids is 1. The van der Waals surface area contributed by atoms with E-state index in [-0.39, 0.29) is 27.5 Å². The summed E-state index contributed by atoms with van der Waals surface area (Å²) in [5, 5.41) is 13.9. The molecule has 1 N–H and O–H groups in total. The molecule has 3 fully saturated rings. The van der Waals surface area contributed by atoms with Gasteiger partial charge in [0.05, 0.1) is 28.4 Å². The zero-order valence-electron chi connectivity index (χ0n) is 26.4. The van der Waals surface area contributed by atoms with Gasteiger partial charge >= 0.3 is 6.09 Å². The van der Waals surface area contributed by atoms with Crippen LogP contribution in [-0.4, -0.2) is 70.8 Å². The van der Waals surface area contributed by atoms with Gasteiger partial charge in [0.1, 0.15) is 0 Å². The van der Waals surface area contributed by atoms with Crippen LogP contribution < -0.4 is 10.2 Å². The number of hydrogen-bond donors (Lipinski definition) is 1. The van der Waals surface area contributed by atoms with Gasteiger partial charge in [0.15, 0.2) is 0 Å². The fraction of sp³-hybridized carbons (Fsp3) is 0.472. The molecule has 3 heterocycles. The SMILES string of the molecule is COC(=O)NC[C@H]1CCC[C@@H]1C(C#N)(c1ccccc1)C1CCN(CC2CN(c3ccc(S(=O)(=O)c4ccncc4)cc3)C2)CC1. The highest BCUT2D eigenvalue weighted by Crippen LogP contribution is 2.52. The number of carbonyl (C=O) groups is 1. The van der Waals surface area contributed by atoms with Gasteiger partial charge in [0.25, 0.3) is 0 Å². The normalized spacial score (nSPS) is 22.4. The molecule has 1 amide bonds. The molecule has 1 saturated carbocycles. The zero-order valence-corrected chi connectivity index (χ0v) is 27.2. The Kier molecular flexibility index (Phi) is 9.62. The molecule has 1 aliphatic carbocycles. The van der Waals surface area contributed by atoms with Crippen molar-refractivity contribution in [3.63, 3.8) is 0 Å².